The highest BCUT2D eigenvalue weighted by Crippen LogP contribution is 2.11. The molecule has 1 aromatic heterocycles. The normalized spacial score (nSPS) is 11.3. The summed E-state index contributed by atoms with van der Waals surface area (Å²) in [5, 5.41) is 3.44. The van der Waals surface area contributed by atoms with E-state index in [1.807, 2.05) is 12.1 Å². The number of hydrogen-bond donors (Lipinski definition) is 1. The highest BCUT2D eigenvalue weighted by Gasteiger charge is 2.05. The average Bonchev–Trinajstić information content (AvgIpc) is 2.38. The molecule has 0 unspecified atom stereocenters. The first-order chi connectivity index (χ1) is 9.45. The maximum absolute atomic E-state index is 11.3. The monoisotopic (exact) mass is 311 g/mol. The first-order valence-electron chi connectivity index (χ1n) is 5.95. The minimum atomic E-state index is -3.14. The zero-order chi connectivity index (χ0) is 14.6. The van der Waals surface area contributed by atoms with Crippen molar-refractivity contribution in [3.63, 3.8) is 0 Å². The third kappa shape index (κ3) is 4.18. The van der Waals surface area contributed by atoms with Crippen LogP contribution in [0.3, 0.4) is 0 Å². The topological polar surface area (TPSA) is 72.0 Å². The lowest BCUT2D eigenvalue weighted by atomic mass is 10.1. The molecule has 2 aromatic rings. The number of halogens is 1. The van der Waals surface area contributed by atoms with Crippen LogP contribution in [0.5, 0.6) is 0 Å². The molecule has 0 atom stereocenters. The van der Waals surface area contributed by atoms with Gasteiger partial charge in [-0.25, -0.2) is 13.4 Å². The summed E-state index contributed by atoms with van der Waals surface area (Å²) in [6.45, 7) is 0.660. The molecular formula is C13H14ClN3O2S. The summed E-state index contributed by atoms with van der Waals surface area (Å²) in [4.78, 5) is 8.32. The Hall–Kier alpha value is -1.66. The van der Waals surface area contributed by atoms with Gasteiger partial charge in [0.2, 0.25) is 0 Å². The van der Waals surface area contributed by atoms with Crippen LogP contribution in [0.4, 0.5) is 5.82 Å². The summed E-state index contributed by atoms with van der Waals surface area (Å²) in [5.74, 6) is 0.616. The predicted molar refractivity (Wildman–Crippen MR) is 78.8 cm³/mol. The van der Waals surface area contributed by atoms with Crippen molar-refractivity contribution in [1.29, 1.82) is 0 Å². The maximum atomic E-state index is 11.3. The van der Waals surface area contributed by atoms with Crippen molar-refractivity contribution in [3.8, 4) is 0 Å². The molecule has 0 aliphatic rings. The van der Waals surface area contributed by atoms with Crippen LogP contribution >= 0.6 is 11.6 Å². The van der Waals surface area contributed by atoms with E-state index in [4.69, 9.17) is 11.6 Å². The Labute approximate surface area is 123 Å². The Bertz CT molecular complexity index is 687. The Balaban J connectivity index is 1.92. The average molecular weight is 312 g/mol. The molecule has 0 saturated heterocycles. The lowest BCUT2D eigenvalue weighted by molar-refractivity contribution is 0.602. The predicted octanol–water partition coefficient (Wildman–Crippen LogP) is 2.19. The minimum absolute atomic E-state index is 0.329. The lowest BCUT2D eigenvalue weighted by Gasteiger charge is -2.06. The Morgan fingerprint density at radius 2 is 1.90 bits per heavy atom. The molecule has 0 amide bonds. The quantitative estimate of drug-likeness (QED) is 0.916. The zero-order valence-corrected chi connectivity index (χ0v) is 12.4. The molecule has 2 rings (SSSR count). The van der Waals surface area contributed by atoms with Crippen LogP contribution in [0.1, 0.15) is 5.56 Å². The molecule has 1 N–H and O–H groups in total. The van der Waals surface area contributed by atoms with E-state index in [2.05, 4.69) is 15.3 Å². The molecule has 1 heterocycles. The molecule has 1 aromatic carbocycles. The summed E-state index contributed by atoms with van der Waals surface area (Å²) in [6.07, 6.45) is 5.01. The Morgan fingerprint density at radius 1 is 1.20 bits per heavy atom. The second-order valence-electron chi connectivity index (χ2n) is 4.32. The van der Waals surface area contributed by atoms with Gasteiger partial charge in [-0.1, -0.05) is 23.7 Å². The third-order valence-electron chi connectivity index (χ3n) is 2.68. The summed E-state index contributed by atoms with van der Waals surface area (Å²) in [5.41, 5.74) is 1.04. The van der Waals surface area contributed by atoms with Crippen LogP contribution in [-0.4, -0.2) is 31.2 Å². The fraction of sp³-hybridized carbons (Fsp3) is 0.231. The highest BCUT2D eigenvalue weighted by atomic mass is 35.5. The first kappa shape index (κ1) is 14.7. The zero-order valence-electron chi connectivity index (χ0n) is 10.9. The van der Waals surface area contributed by atoms with E-state index in [-0.39, 0.29) is 0 Å². The van der Waals surface area contributed by atoms with Crippen LogP contribution in [0.25, 0.3) is 0 Å². The molecule has 106 valence electrons. The summed E-state index contributed by atoms with van der Waals surface area (Å²) in [7, 11) is -3.14. The van der Waals surface area contributed by atoms with E-state index in [1.165, 1.54) is 12.5 Å². The molecule has 20 heavy (non-hydrogen) atoms. The van der Waals surface area contributed by atoms with Crippen LogP contribution in [-0.2, 0) is 16.3 Å². The van der Waals surface area contributed by atoms with Gasteiger partial charge in [0.05, 0.1) is 17.3 Å². The van der Waals surface area contributed by atoms with Gasteiger partial charge in [0.15, 0.2) is 9.84 Å². The van der Waals surface area contributed by atoms with Gasteiger partial charge < -0.3 is 5.32 Å². The minimum Gasteiger partial charge on any atom is -0.368 e. The van der Waals surface area contributed by atoms with Gasteiger partial charge in [0.25, 0.3) is 0 Å². The number of nitrogens with one attached hydrogen (secondary N) is 1. The molecular weight excluding hydrogens is 298 g/mol. The number of sulfone groups is 1. The molecule has 0 radical (unpaired) electrons. The van der Waals surface area contributed by atoms with Crippen LogP contribution in [0.2, 0.25) is 5.15 Å². The highest BCUT2D eigenvalue weighted by molar-refractivity contribution is 7.90. The van der Waals surface area contributed by atoms with Gasteiger partial charge in [0, 0.05) is 12.8 Å². The Morgan fingerprint density at radius 3 is 2.50 bits per heavy atom. The van der Waals surface area contributed by atoms with Crippen molar-refractivity contribution in [2.24, 2.45) is 0 Å². The molecule has 0 aliphatic carbocycles. The van der Waals surface area contributed by atoms with E-state index >= 15 is 0 Å². The summed E-state index contributed by atoms with van der Waals surface area (Å²) < 4.78 is 22.7. The largest absolute Gasteiger partial charge is 0.368 e. The fourth-order valence-corrected chi connectivity index (χ4v) is 2.44. The third-order valence-corrected chi connectivity index (χ3v) is 3.99. The van der Waals surface area contributed by atoms with E-state index in [0.717, 1.165) is 12.0 Å². The standard InChI is InChI=1S/C13H14ClN3O2S/c1-20(18,19)11-4-2-10(3-5-11)6-7-16-13-9-15-8-12(14)17-13/h2-5,8-9H,6-7H2,1H3,(H,16,17). The van der Waals surface area contributed by atoms with E-state index < -0.39 is 9.84 Å². The van der Waals surface area contributed by atoms with Gasteiger partial charge in [-0.15, -0.1) is 0 Å². The Kier molecular flexibility index (Phi) is 4.57. The van der Waals surface area contributed by atoms with Crippen molar-refractivity contribution >= 4 is 27.3 Å². The van der Waals surface area contributed by atoms with Crippen LogP contribution < -0.4 is 5.32 Å². The molecule has 7 heteroatoms. The van der Waals surface area contributed by atoms with E-state index in [9.17, 15) is 8.42 Å². The van der Waals surface area contributed by atoms with Gasteiger partial charge >= 0.3 is 0 Å². The van der Waals surface area contributed by atoms with Crippen LogP contribution in [0, 0.1) is 0 Å². The molecule has 0 aliphatic heterocycles. The number of hydrogen-bond acceptors (Lipinski definition) is 5. The van der Waals surface area contributed by atoms with Crippen molar-refractivity contribution in [2.75, 3.05) is 18.1 Å². The number of benzene rings is 1. The van der Waals surface area contributed by atoms with Gasteiger partial charge in [-0.05, 0) is 24.1 Å². The van der Waals surface area contributed by atoms with E-state index in [0.29, 0.717) is 22.4 Å². The molecule has 0 fully saturated rings. The molecule has 5 nitrogen and oxygen atoms in total. The lowest BCUT2D eigenvalue weighted by Crippen LogP contribution is -2.07. The van der Waals surface area contributed by atoms with Crippen molar-refractivity contribution in [2.45, 2.75) is 11.3 Å². The van der Waals surface area contributed by atoms with Gasteiger partial charge in [0.1, 0.15) is 11.0 Å². The van der Waals surface area contributed by atoms with Crippen LogP contribution in [0.15, 0.2) is 41.6 Å². The van der Waals surface area contributed by atoms with Crippen molar-refractivity contribution < 1.29 is 8.42 Å². The van der Waals surface area contributed by atoms with Gasteiger partial charge in [-0.3, -0.25) is 4.98 Å². The smallest absolute Gasteiger partial charge is 0.175 e. The molecule has 0 saturated carbocycles. The molecule has 0 spiro atoms. The maximum Gasteiger partial charge on any atom is 0.175 e. The van der Waals surface area contributed by atoms with E-state index in [1.54, 1.807) is 18.3 Å². The second-order valence-corrected chi connectivity index (χ2v) is 6.72. The number of anilines is 1. The SMILES string of the molecule is CS(=O)(=O)c1ccc(CCNc2cncc(Cl)n2)cc1. The second kappa shape index (κ2) is 6.19. The number of nitrogens with zero attached hydrogens (tertiary/aromatic N) is 2. The number of rotatable bonds is 5. The first-order valence-corrected chi connectivity index (χ1v) is 8.22. The summed E-state index contributed by atoms with van der Waals surface area (Å²) in [6, 6.07) is 6.84. The van der Waals surface area contributed by atoms with Crippen molar-refractivity contribution in [1.82, 2.24) is 9.97 Å². The summed E-state index contributed by atoms with van der Waals surface area (Å²) >= 11 is 5.73. The molecule has 0 bridgehead atoms. The fourth-order valence-electron chi connectivity index (χ4n) is 1.67. The number of aromatic nitrogens is 2. The van der Waals surface area contributed by atoms with Crippen molar-refractivity contribution in [3.05, 3.63) is 47.4 Å². The van der Waals surface area contributed by atoms with Gasteiger partial charge in [-0.2, -0.15) is 0 Å².